The first kappa shape index (κ1) is 14.8. The number of carbonyl (C=O) groups is 1. The van der Waals surface area contributed by atoms with Crippen molar-refractivity contribution in [3.8, 4) is 0 Å². The van der Waals surface area contributed by atoms with Crippen molar-refractivity contribution < 1.29 is 9.90 Å². The van der Waals surface area contributed by atoms with Crippen molar-refractivity contribution in [1.82, 2.24) is 5.32 Å². The van der Waals surface area contributed by atoms with Crippen LogP contribution in [-0.4, -0.2) is 23.2 Å². The lowest BCUT2D eigenvalue weighted by Gasteiger charge is -2.23. The third kappa shape index (κ3) is 3.36. The van der Waals surface area contributed by atoms with Gasteiger partial charge in [0, 0.05) is 0 Å². The normalized spacial score (nSPS) is 26.3. The van der Waals surface area contributed by atoms with Crippen LogP contribution >= 0.6 is 23.2 Å². The van der Waals surface area contributed by atoms with E-state index in [1.54, 1.807) is 19.9 Å². The highest BCUT2D eigenvalue weighted by atomic mass is 35.5. The van der Waals surface area contributed by atoms with E-state index < -0.39 is 5.54 Å². The molecule has 0 radical (unpaired) electrons. The maximum absolute atomic E-state index is 12.0. The Kier molecular flexibility index (Phi) is 4.17. The van der Waals surface area contributed by atoms with Crippen molar-refractivity contribution in [2.45, 2.75) is 33.2 Å². The van der Waals surface area contributed by atoms with Crippen LogP contribution in [0.3, 0.4) is 0 Å². The minimum atomic E-state index is -0.602. The van der Waals surface area contributed by atoms with Gasteiger partial charge in [0.1, 0.15) is 4.49 Å². The Morgan fingerprint density at radius 1 is 1.47 bits per heavy atom. The Hall–Kier alpha value is -0.250. The first-order chi connectivity index (χ1) is 7.62. The van der Waals surface area contributed by atoms with Crippen molar-refractivity contribution >= 4 is 29.1 Å². The Balaban J connectivity index is 2.70. The van der Waals surface area contributed by atoms with E-state index >= 15 is 0 Å². The molecule has 0 aliphatic heterocycles. The van der Waals surface area contributed by atoms with Gasteiger partial charge < -0.3 is 10.4 Å². The summed E-state index contributed by atoms with van der Waals surface area (Å²) in [6.07, 6.45) is 1.71. The smallest absolute Gasteiger partial charge is 0.224 e. The van der Waals surface area contributed by atoms with Gasteiger partial charge in [-0.1, -0.05) is 37.0 Å². The van der Waals surface area contributed by atoms with Crippen LogP contribution in [0.2, 0.25) is 0 Å². The number of nitrogens with one attached hydrogen (secondary N) is 1. The van der Waals surface area contributed by atoms with E-state index in [1.807, 2.05) is 13.8 Å². The van der Waals surface area contributed by atoms with E-state index in [1.165, 1.54) is 0 Å². The molecular weight excluding hydrogens is 261 g/mol. The Morgan fingerprint density at radius 3 is 2.41 bits per heavy atom. The number of hydrogen-bond donors (Lipinski definition) is 2. The minimum absolute atomic E-state index is 0.0574. The molecule has 5 heteroatoms. The van der Waals surface area contributed by atoms with Gasteiger partial charge in [0.2, 0.25) is 5.91 Å². The van der Waals surface area contributed by atoms with Crippen LogP contribution in [0, 0.1) is 17.3 Å². The van der Waals surface area contributed by atoms with Crippen LogP contribution in [-0.2, 0) is 4.79 Å². The van der Waals surface area contributed by atoms with Crippen molar-refractivity contribution in [2.24, 2.45) is 17.3 Å². The van der Waals surface area contributed by atoms with E-state index in [2.05, 4.69) is 5.32 Å². The molecule has 1 aliphatic carbocycles. The number of carbonyl (C=O) groups excluding carboxylic acids is 1. The summed E-state index contributed by atoms with van der Waals surface area (Å²) >= 11 is 11.3. The Labute approximate surface area is 112 Å². The predicted molar refractivity (Wildman–Crippen MR) is 69.9 cm³/mol. The summed E-state index contributed by atoms with van der Waals surface area (Å²) < 4.78 is 0.194. The molecule has 1 rings (SSSR count). The highest BCUT2D eigenvalue weighted by Crippen LogP contribution is 2.59. The number of amides is 1. The molecule has 1 aliphatic rings. The molecule has 0 heterocycles. The molecule has 0 spiro atoms. The third-order valence-electron chi connectivity index (χ3n) is 3.36. The van der Waals surface area contributed by atoms with Gasteiger partial charge in [-0.3, -0.25) is 4.79 Å². The number of aliphatic hydroxyl groups excluding tert-OH is 1. The van der Waals surface area contributed by atoms with Crippen LogP contribution < -0.4 is 5.32 Å². The molecule has 1 fully saturated rings. The van der Waals surface area contributed by atoms with Gasteiger partial charge in [-0.05, 0) is 31.3 Å². The van der Waals surface area contributed by atoms with Crippen molar-refractivity contribution in [2.75, 3.05) is 6.61 Å². The summed E-state index contributed by atoms with van der Waals surface area (Å²) in [5.74, 6) is -0.146. The fraction of sp³-hybridized carbons (Fsp3) is 0.750. The lowest BCUT2D eigenvalue weighted by Crippen LogP contribution is -2.47. The van der Waals surface area contributed by atoms with Gasteiger partial charge >= 0.3 is 0 Å². The highest BCUT2D eigenvalue weighted by Gasteiger charge is 2.60. The fourth-order valence-corrected chi connectivity index (χ4v) is 2.35. The highest BCUT2D eigenvalue weighted by molar-refractivity contribution is 6.55. The minimum Gasteiger partial charge on any atom is -0.394 e. The van der Waals surface area contributed by atoms with E-state index in [-0.39, 0.29) is 34.3 Å². The number of aliphatic hydroxyl groups is 1. The second kappa shape index (κ2) is 4.79. The molecular formula is C12H19Cl2NO2. The molecule has 1 saturated carbocycles. The molecule has 0 aromatic carbocycles. The molecule has 2 atom stereocenters. The molecule has 2 N–H and O–H groups in total. The SMILES string of the molecule is CC(C)(CO)NC(=O)C1C(C=C(Cl)Cl)C1(C)C. The van der Waals surface area contributed by atoms with Crippen molar-refractivity contribution in [3.05, 3.63) is 10.6 Å². The molecule has 98 valence electrons. The number of hydrogen-bond acceptors (Lipinski definition) is 2. The monoisotopic (exact) mass is 279 g/mol. The summed E-state index contributed by atoms with van der Waals surface area (Å²) in [5.41, 5.74) is -0.737. The first-order valence-electron chi connectivity index (χ1n) is 5.57. The average Bonchev–Trinajstić information content (AvgIpc) is 2.66. The van der Waals surface area contributed by atoms with Gasteiger partial charge in [0.25, 0.3) is 0 Å². The van der Waals surface area contributed by atoms with E-state index in [0.717, 1.165) is 0 Å². The lowest BCUT2D eigenvalue weighted by molar-refractivity contribution is -0.125. The van der Waals surface area contributed by atoms with Gasteiger partial charge in [0.15, 0.2) is 0 Å². The Bertz CT molecular complexity index is 346. The van der Waals surface area contributed by atoms with Crippen LogP contribution in [0.25, 0.3) is 0 Å². The third-order valence-corrected chi connectivity index (χ3v) is 3.61. The largest absolute Gasteiger partial charge is 0.394 e. The Morgan fingerprint density at radius 2 is 2.00 bits per heavy atom. The van der Waals surface area contributed by atoms with E-state index in [4.69, 9.17) is 28.3 Å². The molecule has 0 aromatic rings. The second-order valence-electron chi connectivity index (χ2n) is 5.81. The van der Waals surface area contributed by atoms with Gasteiger partial charge in [-0.15, -0.1) is 0 Å². The summed E-state index contributed by atoms with van der Waals surface area (Å²) in [5, 5.41) is 11.9. The molecule has 0 aromatic heterocycles. The quantitative estimate of drug-likeness (QED) is 0.831. The number of halogens is 2. The maximum Gasteiger partial charge on any atom is 0.224 e. The van der Waals surface area contributed by atoms with Crippen LogP contribution in [0.1, 0.15) is 27.7 Å². The number of rotatable bonds is 4. The van der Waals surface area contributed by atoms with Gasteiger partial charge in [-0.2, -0.15) is 0 Å². The van der Waals surface area contributed by atoms with Crippen molar-refractivity contribution in [3.63, 3.8) is 0 Å². The second-order valence-corrected chi connectivity index (χ2v) is 6.82. The van der Waals surface area contributed by atoms with Gasteiger partial charge in [-0.25, -0.2) is 0 Å². The lowest BCUT2D eigenvalue weighted by atomic mass is 10.1. The molecule has 0 bridgehead atoms. The van der Waals surface area contributed by atoms with Crippen LogP contribution in [0.5, 0.6) is 0 Å². The van der Waals surface area contributed by atoms with Crippen LogP contribution in [0.15, 0.2) is 10.6 Å². The first-order valence-corrected chi connectivity index (χ1v) is 6.33. The predicted octanol–water partition coefficient (Wildman–Crippen LogP) is 2.46. The molecule has 3 nitrogen and oxygen atoms in total. The molecule has 1 amide bonds. The van der Waals surface area contributed by atoms with E-state index in [0.29, 0.717) is 0 Å². The summed E-state index contributed by atoms with van der Waals surface area (Å²) in [7, 11) is 0. The number of allylic oxidation sites excluding steroid dienone is 1. The summed E-state index contributed by atoms with van der Waals surface area (Å²) in [6.45, 7) is 7.46. The summed E-state index contributed by atoms with van der Waals surface area (Å²) in [6, 6.07) is 0. The van der Waals surface area contributed by atoms with Crippen LogP contribution in [0.4, 0.5) is 0 Å². The molecule has 0 saturated heterocycles. The zero-order valence-corrected chi connectivity index (χ0v) is 12.1. The standard InChI is InChI=1S/C12H19Cl2NO2/c1-11(2,6-16)15-10(17)9-7(5-8(13)14)12(9,3)4/h5,7,9,16H,6H2,1-4H3,(H,15,17). The fourth-order valence-electron chi connectivity index (χ4n) is 2.08. The zero-order valence-electron chi connectivity index (χ0n) is 10.6. The average molecular weight is 280 g/mol. The topological polar surface area (TPSA) is 49.3 Å². The zero-order chi connectivity index (χ0) is 13.4. The summed E-state index contributed by atoms with van der Waals surface area (Å²) in [4.78, 5) is 12.0. The van der Waals surface area contributed by atoms with E-state index in [9.17, 15) is 4.79 Å². The molecule has 2 unspecified atom stereocenters. The van der Waals surface area contributed by atoms with Crippen molar-refractivity contribution in [1.29, 1.82) is 0 Å². The molecule has 17 heavy (non-hydrogen) atoms. The van der Waals surface area contributed by atoms with Gasteiger partial charge in [0.05, 0.1) is 18.1 Å². The maximum atomic E-state index is 12.0.